The number of pyridine rings is 1. The summed E-state index contributed by atoms with van der Waals surface area (Å²) in [5.74, 6) is -0.277. The van der Waals surface area contributed by atoms with Crippen LogP contribution in [0.1, 0.15) is 17.3 Å². The van der Waals surface area contributed by atoms with Crippen LogP contribution < -0.4 is 10.6 Å². The minimum atomic E-state index is -0.191. The lowest BCUT2D eigenvalue weighted by Gasteiger charge is -2.21. The van der Waals surface area contributed by atoms with E-state index in [1.807, 2.05) is 6.92 Å². The van der Waals surface area contributed by atoms with E-state index in [-0.39, 0.29) is 17.3 Å². The molecular formula is C14H15N3O2. The number of phenols is 1. The number of hydrogen-bond acceptors (Lipinski definition) is 4. The van der Waals surface area contributed by atoms with Crippen molar-refractivity contribution in [3.8, 4) is 5.75 Å². The van der Waals surface area contributed by atoms with Crippen molar-refractivity contribution in [2.75, 3.05) is 17.2 Å². The predicted octanol–water partition coefficient (Wildman–Crippen LogP) is 2.04. The normalized spacial score (nSPS) is 10.2. The lowest BCUT2D eigenvalue weighted by Crippen LogP contribution is -2.30. The van der Waals surface area contributed by atoms with Gasteiger partial charge in [-0.3, -0.25) is 9.78 Å². The van der Waals surface area contributed by atoms with E-state index in [0.717, 1.165) is 5.69 Å². The van der Waals surface area contributed by atoms with Crippen LogP contribution in [0, 0.1) is 0 Å². The SMILES string of the molecule is CCN(C(=O)c1ccc(N)c(O)c1)c1ccncc1. The Morgan fingerprint density at radius 1 is 1.32 bits per heavy atom. The van der Waals surface area contributed by atoms with Gasteiger partial charge in [0.15, 0.2) is 0 Å². The van der Waals surface area contributed by atoms with E-state index in [0.29, 0.717) is 12.1 Å². The summed E-state index contributed by atoms with van der Waals surface area (Å²) in [6.07, 6.45) is 3.26. The maximum absolute atomic E-state index is 12.4. The molecule has 0 aliphatic carbocycles. The van der Waals surface area contributed by atoms with Crippen LogP contribution >= 0.6 is 0 Å². The highest BCUT2D eigenvalue weighted by atomic mass is 16.3. The van der Waals surface area contributed by atoms with Gasteiger partial charge in [-0.2, -0.15) is 0 Å². The third-order valence-electron chi connectivity index (χ3n) is 2.81. The van der Waals surface area contributed by atoms with Crippen molar-refractivity contribution in [1.82, 2.24) is 4.98 Å². The average molecular weight is 257 g/mol. The Kier molecular flexibility index (Phi) is 3.66. The molecule has 2 rings (SSSR count). The van der Waals surface area contributed by atoms with Gasteiger partial charge in [-0.25, -0.2) is 0 Å². The summed E-state index contributed by atoms with van der Waals surface area (Å²) in [6, 6.07) is 8.02. The molecule has 0 atom stereocenters. The molecule has 0 bridgehead atoms. The fourth-order valence-electron chi connectivity index (χ4n) is 1.80. The van der Waals surface area contributed by atoms with Gasteiger partial charge < -0.3 is 15.7 Å². The summed E-state index contributed by atoms with van der Waals surface area (Å²) < 4.78 is 0. The molecule has 0 fully saturated rings. The molecule has 1 heterocycles. The van der Waals surface area contributed by atoms with E-state index >= 15 is 0 Å². The molecule has 0 spiro atoms. The van der Waals surface area contributed by atoms with Crippen molar-refractivity contribution in [2.45, 2.75) is 6.92 Å². The molecule has 0 aliphatic rings. The Labute approximate surface area is 111 Å². The first-order chi connectivity index (χ1) is 9.13. The first-order valence-electron chi connectivity index (χ1n) is 5.94. The second-order valence-electron chi connectivity index (χ2n) is 4.03. The summed E-state index contributed by atoms with van der Waals surface area (Å²) >= 11 is 0. The number of carbonyl (C=O) groups excluding carboxylic acids is 1. The Morgan fingerprint density at radius 2 is 2.00 bits per heavy atom. The molecule has 3 N–H and O–H groups in total. The Hall–Kier alpha value is -2.56. The number of hydrogen-bond donors (Lipinski definition) is 2. The minimum Gasteiger partial charge on any atom is -0.506 e. The molecular weight excluding hydrogens is 242 g/mol. The molecule has 0 aliphatic heterocycles. The highest BCUT2D eigenvalue weighted by Gasteiger charge is 2.16. The largest absolute Gasteiger partial charge is 0.506 e. The zero-order chi connectivity index (χ0) is 13.8. The van der Waals surface area contributed by atoms with Gasteiger partial charge in [-0.1, -0.05) is 0 Å². The number of anilines is 2. The number of amides is 1. The first kappa shape index (κ1) is 12.9. The monoisotopic (exact) mass is 257 g/mol. The number of nitrogens with zero attached hydrogens (tertiary/aromatic N) is 2. The van der Waals surface area contributed by atoms with Gasteiger partial charge in [-0.15, -0.1) is 0 Å². The molecule has 2 aromatic rings. The maximum atomic E-state index is 12.4. The third kappa shape index (κ3) is 2.65. The molecule has 98 valence electrons. The molecule has 1 aromatic heterocycles. The van der Waals surface area contributed by atoms with Crippen LogP contribution in [-0.2, 0) is 0 Å². The number of aromatic nitrogens is 1. The lowest BCUT2D eigenvalue weighted by atomic mass is 10.1. The number of rotatable bonds is 3. The van der Waals surface area contributed by atoms with Crippen molar-refractivity contribution in [1.29, 1.82) is 0 Å². The quantitative estimate of drug-likeness (QED) is 0.651. The number of phenolic OH excluding ortho intramolecular Hbond substituents is 1. The first-order valence-corrected chi connectivity index (χ1v) is 5.94. The van der Waals surface area contributed by atoms with Crippen LogP contribution in [0.3, 0.4) is 0 Å². The van der Waals surface area contributed by atoms with Gasteiger partial charge in [0.1, 0.15) is 5.75 Å². The van der Waals surface area contributed by atoms with E-state index in [2.05, 4.69) is 4.98 Å². The fourth-order valence-corrected chi connectivity index (χ4v) is 1.80. The van der Waals surface area contributed by atoms with Crippen molar-refractivity contribution < 1.29 is 9.90 Å². The second kappa shape index (κ2) is 5.39. The Bertz CT molecular complexity index is 584. The zero-order valence-electron chi connectivity index (χ0n) is 10.6. The highest BCUT2D eigenvalue weighted by Crippen LogP contribution is 2.23. The van der Waals surface area contributed by atoms with Crippen LogP contribution in [0.4, 0.5) is 11.4 Å². The summed E-state index contributed by atoms with van der Waals surface area (Å²) in [5, 5.41) is 9.57. The van der Waals surface area contributed by atoms with Crippen molar-refractivity contribution >= 4 is 17.3 Å². The van der Waals surface area contributed by atoms with Crippen LogP contribution in [0.25, 0.3) is 0 Å². The number of carbonyl (C=O) groups is 1. The average Bonchev–Trinajstić information content (AvgIpc) is 2.44. The fraction of sp³-hybridized carbons (Fsp3) is 0.143. The van der Waals surface area contributed by atoms with Gasteiger partial charge >= 0.3 is 0 Å². The van der Waals surface area contributed by atoms with Gasteiger partial charge in [0, 0.05) is 30.2 Å². The molecule has 0 saturated carbocycles. The van der Waals surface area contributed by atoms with Crippen LogP contribution in [0.15, 0.2) is 42.7 Å². The molecule has 5 nitrogen and oxygen atoms in total. The third-order valence-corrected chi connectivity index (χ3v) is 2.81. The van der Waals surface area contributed by atoms with Gasteiger partial charge in [-0.05, 0) is 37.3 Å². The Morgan fingerprint density at radius 3 is 2.58 bits per heavy atom. The molecule has 5 heteroatoms. The van der Waals surface area contributed by atoms with Crippen LogP contribution in [-0.4, -0.2) is 22.5 Å². The standard InChI is InChI=1S/C14H15N3O2/c1-2-17(11-5-7-16-8-6-11)14(19)10-3-4-12(15)13(18)9-10/h3-9,18H,2,15H2,1H3. The van der Waals surface area contributed by atoms with E-state index in [1.165, 1.54) is 12.1 Å². The summed E-state index contributed by atoms with van der Waals surface area (Å²) in [6.45, 7) is 2.41. The number of nitrogen functional groups attached to an aromatic ring is 1. The highest BCUT2D eigenvalue weighted by molar-refractivity contribution is 6.06. The number of nitrogens with two attached hydrogens (primary N) is 1. The maximum Gasteiger partial charge on any atom is 0.258 e. The Balaban J connectivity index is 2.33. The molecule has 19 heavy (non-hydrogen) atoms. The molecule has 1 aromatic carbocycles. The smallest absolute Gasteiger partial charge is 0.258 e. The van der Waals surface area contributed by atoms with Gasteiger partial charge in [0.25, 0.3) is 5.91 Å². The van der Waals surface area contributed by atoms with Crippen LogP contribution in [0.5, 0.6) is 5.75 Å². The summed E-state index contributed by atoms with van der Waals surface area (Å²) in [4.78, 5) is 17.9. The van der Waals surface area contributed by atoms with Crippen LogP contribution in [0.2, 0.25) is 0 Å². The number of aromatic hydroxyl groups is 1. The van der Waals surface area contributed by atoms with E-state index in [4.69, 9.17) is 5.73 Å². The van der Waals surface area contributed by atoms with Crippen molar-refractivity contribution in [3.63, 3.8) is 0 Å². The van der Waals surface area contributed by atoms with Crippen molar-refractivity contribution in [2.24, 2.45) is 0 Å². The molecule has 0 unspecified atom stereocenters. The summed E-state index contributed by atoms with van der Waals surface area (Å²) in [7, 11) is 0. The predicted molar refractivity (Wildman–Crippen MR) is 74.1 cm³/mol. The second-order valence-corrected chi connectivity index (χ2v) is 4.03. The van der Waals surface area contributed by atoms with Gasteiger partial charge in [0.2, 0.25) is 0 Å². The molecule has 0 radical (unpaired) electrons. The van der Waals surface area contributed by atoms with Crippen molar-refractivity contribution in [3.05, 3.63) is 48.3 Å². The zero-order valence-corrected chi connectivity index (χ0v) is 10.6. The number of benzene rings is 1. The topological polar surface area (TPSA) is 79.5 Å². The molecule has 1 amide bonds. The minimum absolute atomic E-state index is 0.0865. The summed E-state index contributed by atoms with van der Waals surface area (Å²) in [5.41, 5.74) is 6.94. The van der Waals surface area contributed by atoms with E-state index in [1.54, 1.807) is 35.5 Å². The van der Waals surface area contributed by atoms with E-state index in [9.17, 15) is 9.90 Å². The van der Waals surface area contributed by atoms with E-state index < -0.39 is 0 Å². The molecule has 0 saturated heterocycles. The van der Waals surface area contributed by atoms with Gasteiger partial charge in [0.05, 0.1) is 5.69 Å². The lowest BCUT2D eigenvalue weighted by molar-refractivity contribution is 0.0988.